The first-order valence-electron chi connectivity index (χ1n) is 5.18. The van der Waals surface area contributed by atoms with Gasteiger partial charge in [0.25, 0.3) is 0 Å². The van der Waals surface area contributed by atoms with Crippen LogP contribution in [-0.2, 0) is 11.2 Å². The molecule has 0 amide bonds. The molecule has 0 aliphatic rings. The maximum Gasteiger partial charge on any atom is 0.406 e. The zero-order valence-electron chi connectivity index (χ0n) is 9.57. The molecule has 0 saturated heterocycles. The number of anilines is 1. The van der Waals surface area contributed by atoms with Crippen LogP contribution < -0.4 is 4.90 Å². The van der Waals surface area contributed by atoms with Gasteiger partial charge in [0.05, 0.1) is 0 Å². The van der Waals surface area contributed by atoms with Crippen molar-refractivity contribution in [2.24, 2.45) is 0 Å². The second-order valence-corrected chi connectivity index (χ2v) is 4.34. The van der Waals surface area contributed by atoms with E-state index in [-0.39, 0.29) is 5.13 Å². The molecule has 0 spiro atoms. The molecule has 18 heavy (non-hydrogen) atoms. The smallest absolute Gasteiger partial charge is 0.406 e. The highest BCUT2D eigenvalue weighted by Crippen LogP contribution is 2.23. The number of aryl methyl sites for hydroxylation is 1. The van der Waals surface area contributed by atoms with Crippen LogP contribution in [0.15, 0.2) is 0 Å². The number of carbonyl (C=O) groups is 1. The van der Waals surface area contributed by atoms with Gasteiger partial charge in [-0.15, -0.1) is 0 Å². The van der Waals surface area contributed by atoms with Crippen LogP contribution in [0.1, 0.15) is 19.2 Å². The fourth-order valence-corrected chi connectivity index (χ4v) is 1.98. The van der Waals surface area contributed by atoms with Gasteiger partial charge in [-0.2, -0.15) is 17.5 Å². The van der Waals surface area contributed by atoms with Crippen molar-refractivity contribution in [1.82, 2.24) is 9.36 Å². The third kappa shape index (κ3) is 4.86. The van der Waals surface area contributed by atoms with Crippen molar-refractivity contribution in [3.63, 3.8) is 0 Å². The molecule has 0 fully saturated rings. The van der Waals surface area contributed by atoms with Gasteiger partial charge in [0, 0.05) is 18.0 Å². The van der Waals surface area contributed by atoms with E-state index >= 15 is 0 Å². The molecule has 1 heterocycles. The van der Waals surface area contributed by atoms with E-state index in [0.29, 0.717) is 17.1 Å². The Morgan fingerprint density at radius 2 is 2.17 bits per heavy atom. The maximum atomic E-state index is 12.3. The molecule has 0 aliphatic carbocycles. The van der Waals surface area contributed by atoms with E-state index in [4.69, 9.17) is 5.11 Å². The number of hydrogen-bond donors (Lipinski definition) is 1. The fourth-order valence-electron chi connectivity index (χ4n) is 1.27. The number of aromatic nitrogens is 2. The van der Waals surface area contributed by atoms with E-state index < -0.39 is 25.2 Å². The predicted octanol–water partition coefficient (Wildman–Crippen LogP) is 1.94. The highest BCUT2D eigenvalue weighted by atomic mass is 32.1. The molecular formula is C9H12F3N3O2S. The van der Waals surface area contributed by atoms with Crippen molar-refractivity contribution < 1.29 is 23.1 Å². The number of rotatable bonds is 6. The van der Waals surface area contributed by atoms with Crippen LogP contribution in [0.4, 0.5) is 18.3 Å². The minimum absolute atomic E-state index is 0.0156. The molecule has 1 aromatic rings. The summed E-state index contributed by atoms with van der Waals surface area (Å²) >= 11 is 0.782. The Morgan fingerprint density at radius 3 is 2.67 bits per heavy atom. The summed E-state index contributed by atoms with van der Waals surface area (Å²) < 4.78 is 40.8. The minimum atomic E-state index is -4.48. The van der Waals surface area contributed by atoms with E-state index in [1.54, 1.807) is 0 Å². The van der Waals surface area contributed by atoms with Crippen LogP contribution in [0, 0.1) is 0 Å². The minimum Gasteiger partial charge on any atom is -0.480 e. The Kier molecular flexibility index (Phi) is 4.88. The Labute approximate surface area is 105 Å². The highest BCUT2D eigenvalue weighted by molar-refractivity contribution is 7.09. The van der Waals surface area contributed by atoms with Crippen LogP contribution in [0.2, 0.25) is 0 Å². The third-order valence-electron chi connectivity index (χ3n) is 1.90. The summed E-state index contributed by atoms with van der Waals surface area (Å²) in [6.45, 7) is -0.203. The average molecular weight is 283 g/mol. The van der Waals surface area contributed by atoms with Crippen LogP contribution in [0.25, 0.3) is 0 Å². The number of carboxylic acid groups (broad SMARTS) is 1. The van der Waals surface area contributed by atoms with Gasteiger partial charge in [0.2, 0.25) is 5.13 Å². The van der Waals surface area contributed by atoms with E-state index in [1.807, 2.05) is 6.92 Å². The summed E-state index contributed by atoms with van der Waals surface area (Å²) in [7, 11) is 0. The Hall–Kier alpha value is -1.38. The molecule has 0 aliphatic heterocycles. The summed E-state index contributed by atoms with van der Waals surface area (Å²) in [5.74, 6) is -0.901. The maximum absolute atomic E-state index is 12.3. The number of alkyl halides is 3. The molecule has 0 radical (unpaired) electrons. The third-order valence-corrected chi connectivity index (χ3v) is 2.71. The second kappa shape index (κ2) is 5.98. The SMILES string of the molecule is CCCc1nsc(N(CC(=O)O)CC(F)(F)F)n1. The Bertz CT molecular complexity index is 408. The zero-order valence-corrected chi connectivity index (χ0v) is 10.4. The van der Waals surface area contributed by atoms with Crippen molar-refractivity contribution in [1.29, 1.82) is 0 Å². The monoisotopic (exact) mass is 283 g/mol. The van der Waals surface area contributed by atoms with Gasteiger partial charge in [-0.3, -0.25) is 4.79 Å². The summed E-state index contributed by atoms with van der Waals surface area (Å²) in [4.78, 5) is 15.1. The highest BCUT2D eigenvalue weighted by Gasteiger charge is 2.33. The molecule has 1 rings (SSSR count). The number of aliphatic carboxylic acids is 1. The summed E-state index contributed by atoms with van der Waals surface area (Å²) in [5.41, 5.74) is 0. The molecule has 102 valence electrons. The summed E-state index contributed by atoms with van der Waals surface area (Å²) in [6.07, 6.45) is -3.15. The van der Waals surface area contributed by atoms with Crippen molar-refractivity contribution in [2.45, 2.75) is 25.9 Å². The first-order valence-corrected chi connectivity index (χ1v) is 5.95. The van der Waals surface area contributed by atoms with Crippen molar-refractivity contribution in [3.8, 4) is 0 Å². The molecule has 1 aromatic heterocycles. The van der Waals surface area contributed by atoms with Crippen LogP contribution in [0.3, 0.4) is 0 Å². The van der Waals surface area contributed by atoms with Crippen molar-refractivity contribution in [3.05, 3.63) is 5.82 Å². The Morgan fingerprint density at radius 1 is 1.50 bits per heavy atom. The number of hydrogen-bond acceptors (Lipinski definition) is 5. The van der Waals surface area contributed by atoms with E-state index in [1.165, 1.54) is 0 Å². The van der Waals surface area contributed by atoms with Crippen LogP contribution in [-0.4, -0.2) is 39.7 Å². The lowest BCUT2D eigenvalue weighted by atomic mass is 10.3. The molecule has 9 heteroatoms. The van der Waals surface area contributed by atoms with E-state index in [0.717, 1.165) is 18.0 Å². The molecule has 0 atom stereocenters. The average Bonchev–Trinajstić information content (AvgIpc) is 2.63. The van der Waals surface area contributed by atoms with E-state index in [9.17, 15) is 18.0 Å². The van der Waals surface area contributed by atoms with Gasteiger partial charge < -0.3 is 10.0 Å². The molecule has 0 unspecified atom stereocenters. The molecule has 0 aromatic carbocycles. The number of halogens is 3. The second-order valence-electron chi connectivity index (χ2n) is 3.61. The Balaban J connectivity index is 2.83. The van der Waals surface area contributed by atoms with Gasteiger partial charge in [0.1, 0.15) is 18.9 Å². The van der Waals surface area contributed by atoms with Crippen LogP contribution in [0.5, 0.6) is 0 Å². The van der Waals surface area contributed by atoms with Gasteiger partial charge in [0.15, 0.2) is 0 Å². The largest absolute Gasteiger partial charge is 0.480 e. The molecule has 1 N–H and O–H groups in total. The standard InChI is InChI=1S/C9H12F3N3O2S/c1-2-3-6-13-8(18-14-6)15(4-7(16)17)5-9(10,11)12/h2-5H2,1H3,(H,16,17). The normalized spacial score (nSPS) is 11.6. The molecule has 0 saturated carbocycles. The number of nitrogens with zero attached hydrogens (tertiary/aromatic N) is 3. The van der Waals surface area contributed by atoms with Gasteiger partial charge in [-0.1, -0.05) is 6.92 Å². The van der Waals surface area contributed by atoms with Gasteiger partial charge in [-0.05, 0) is 6.42 Å². The summed E-state index contributed by atoms with van der Waals surface area (Å²) in [5, 5.41) is 8.58. The fraction of sp³-hybridized carbons (Fsp3) is 0.667. The first-order chi connectivity index (χ1) is 8.31. The first kappa shape index (κ1) is 14.7. The van der Waals surface area contributed by atoms with Crippen molar-refractivity contribution in [2.75, 3.05) is 18.0 Å². The van der Waals surface area contributed by atoms with Gasteiger partial charge >= 0.3 is 12.1 Å². The topological polar surface area (TPSA) is 66.3 Å². The lowest BCUT2D eigenvalue weighted by Crippen LogP contribution is -2.37. The molecule has 5 nitrogen and oxygen atoms in total. The summed E-state index contributed by atoms with van der Waals surface area (Å²) in [6, 6.07) is 0. The predicted molar refractivity (Wildman–Crippen MR) is 59.8 cm³/mol. The molecule has 0 bridgehead atoms. The van der Waals surface area contributed by atoms with Crippen LogP contribution >= 0.6 is 11.5 Å². The lowest BCUT2D eigenvalue weighted by molar-refractivity contribution is -0.136. The van der Waals surface area contributed by atoms with Gasteiger partial charge in [-0.25, -0.2) is 4.98 Å². The quantitative estimate of drug-likeness (QED) is 0.864. The molecular weight excluding hydrogens is 271 g/mol. The number of carboxylic acids is 1. The van der Waals surface area contributed by atoms with Crippen molar-refractivity contribution >= 4 is 22.6 Å². The van der Waals surface area contributed by atoms with E-state index in [2.05, 4.69) is 9.36 Å². The lowest BCUT2D eigenvalue weighted by Gasteiger charge is -2.20. The zero-order chi connectivity index (χ0) is 13.8.